The van der Waals surface area contributed by atoms with Gasteiger partial charge in [-0.15, -0.1) is 0 Å². The second-order valence-electron chi connectivity index (χ2n) is 8.84. The van der Waals surface area contributed by atoms with Crippen LogP contribution in [0.15, 0.2) is 126 Å². The largest absolute Gasteiger partial charge is 0.309 e. The van der Waals surface area contributed by atoms with Crippen molar-refractivity contribution in [3.05, 3.63) is 126 Å². The zero-order valence-corrected chi connectivity index (χ0v) is 20.9. The van der Waals surface area contributed by atoms with Crippen LogP contribution in [0, 0.1) is 0 Å². The van der Waals surface area contributed by atoms with Gasteiger partial charge in [-0.05, 0) is 42.5 Å². The highest BCUT2D eigenvalue weighted by Crippen LogP contribution is 2.35. The highest BCUT2D eigenvalue weighted by Gasteiger charge is 2.14. The molecule has 2 aromatic heterocycles. The van der Waals surface area contributed by atoms with Crippen molar-refractivity contribution in [3.8, 4) is 28.3 Å². The molecule has 4 heteroatoms. The van der Waals surface area contributed by atoms with Gasteiger partial charge in [0.15, 0.2) is 5.82 Å². The van der Waals surface area contributed by atoms with E-state index in [4.69, 9.17) is 9.97 Å². The Labute approximate surface area is 216 Å². The monoisotopic (exact) mass is 525 g/mol. The summed E-state index contributed by atoms with van der Waals surface area (Å²) in [5.41, 5.74) is 7.46. The average Bonchev–Trinajstić information content (AvgIpc) is 3.26. The summed E-state index contributed by atoms with van der Waals surface area (Å²) in [6.07, 6.45) is 0. The Bertz CT molecular complexity index is 1890. The summed E-state index contributed by atoms with van der Waals surface area (Å²) >= 11 is 3.64. The molecule has 0 aliphatic carbocycles. The van der Waals surface area contributed by atoms with E-state index in [2.05, 4.69) is 111 Å². The smallest absolute Gasteiger partial charge is 0.160 e. The first-order chi connectivity index (χ1) is 17.8. The summed E-state index contributed by atoms with van der Waals surface area (Å²) in [5, 5.41) is 3.53. The molecule has 0 saturated heterocycles. The van der Waals surface area contributed by atoms with E-state index < -0.39 is 0 Å². The number of para-hydroxylation sites is 2. The molecule has 5 aromatic carbocycles. The minimum absolute atomic E-state index is 0.737. The van der Waals surface area contributed by atoms with Crippen LogP contribution < -0.4 is 0 Å². The van der Waals surface area contributed by atoms with Gasteiger partial charge in [0.05, 0.1) is 22.2 Å². The predicted molar refractivity (Wildman–Crippen MR) is 152 cm³/mol. The number of hydrogen-bond acceptors (Lipinski definition) is 2. The third-order valence-electron chi connectivity index (χ3n) is 6.67. The van der Waals surface area contributed by atoms with Crippen LogP contribution in [0.4, 0.5) is 0 Å². The van der Waals surface area contributed by atoms with Crippen molar-refractivity contribution in [2.75, 3.05) is 0 Å². The molecule has 0 atom stereocenters. The molecule has 2 heterocycles. The molecule has 0 amide bonds. The molecule has 7 rings (SSSR count). The fourth-order valence-electron chi connectivity index (χ4n) is 5.00. The molecule has 0 aliphatic rings. The van der Waals surface area contributed by atoms with Gasteiger partial charge in [0.1, 0.15) is 0 Å². The maximum Gasteiger partial charge on any atom is 0.160 e. The van der Waals surface area contributed by atoms with Gasteiger partial charge in [0.2, 0.25) is 0 Å². The van der Waals surface area contributed by atoms with Crippen molar-refractivity contribution in [1.29, 1.82) is 0 Å². The van der Waals surface area contributed by atoms with Gasteiger partial charge in [-0.25, -0.2) is 9.97 Å². The Kier molecular flexibility index (Phi) is 4.93. The van der Waals surface area contributed by atoms with Gasteiger partial charge in [-0.3, -0.25) is 0 Å². The van der Waals surface area contributed by atoms with Crippen LogP contribution in [0.25, 0.3) is 61.0 Å². The van der Waals surface area contributed by atoms with E-state index in [1.807, 2.05) is 30.3 Å². The molecule has 36 heavy (non-hydrogen) atoms. The topological polar surface area (TPSA) is 30.7 Å². The first-order valence-electron chi connectivity index (χ1n) is 11.9. The Morgan fingerprint density at radius 2 is 1.22 bits per heavy atom. The predicted octanol–water partition coefficient (Wildman–Crippen LogP) is 8.82. The zero-order chi connectivity index (χ0) is 24.1. The van der Waals surface area contributed by atoms with Crippen molar-refractivity contribution in [3.63, 3.8) is 0 Å². The molecule has 0 spiro atoms. The van der Waals surface area contributed by atoms with E-state index in [1.54, 1.807) is 0 Å². The van der Waals surface area contributed by atoms with Gasteiger partial charge < -0.3 is 4.57 Å². The second kappa shape index (κ2) is 8.43. The van der Waals surface area contributed by atoms with Crippen LogP contribution >= 0.6 is 15.9 Å². The normalized spacial score (nSPS) is 11.5. The van der Waals surface area contributed by atoms with Crippen LogP contribution in [0.3, 0.4) is 0 Å². The van der Waals surface area contributed by atoms with Gasteiger partial charge >= 0.3 is 0 Å². The van der Waals surface area contributed by atoms with Crippen LogP contribution in [0.1, 0.15) is 0 Å². The molecule has 3 nitrogen and oxygen atoms in total. The number of aromatic nitrogens is 3. The number of halogens is 1. The molecule has 0 N–H and O–H groups in total. The summed E-state index contributed by atoms with van der Waals surface area (Å²) in [7, 11) is 0. The lowest BCUT2D eigenvalue weighted by molar-refractivity contribution is 1.18. The van der Waals surface area contributed by atoms with Crippen molar-refractivity contribution >= 4 is 48.6 Å². The van der Waals surface area contributed by atoms with Crippen LogP contribution in [-0.4, -0.2) is 14.5 Å². The zero-order valence-electron chi connectivity index (χ0n) is 19.3. The summed E-state index contributed by atoms with van der Waals surface area (Å²) in [6.45, 7) is 0. The molecular weight excluding hydrogens is 506 g/mol. The van der Waals surface area contributed by atoms with E-state index in [1.165, 1.54) is 21.8 Å². The lowest BCUT2D eigenvalue weighted by atomic mass is 10.0. The van der Waals surface area contributed by atoms with E-state index in [0.29, 0.717) is 0 Å². The fourth-order valence-corrected chi connectivity index (χ4v) is 5.37. The van der Waals surface area contributed by atoms with Gasteiger partial charge in [0.25, 0.3) is 0 Å². The van der Waals surface area contributed by atoms with Crippen LogP contribution in [0.5, 0.6) is 0 Å². The van der Waals surface area contributed by atoms with E-state index >= 15 is 0 Å². The van der Waals surface area contributed by atoms with E-state index in [9.17, 15) is 0 Å². The average molecular weight is 526 g/mol. The molecular formula is C32H20BrN3. The third-order valence-corrected chi connectivity index (χ3v) is 7.16. The van der Waals surface area contributed by atoms with Gasteiger partial charge in [-0.2, -0.15) is 0 Å². The number of nitrogens with zero attached hydrogens (tertiary/aromatic N) is 3. The van der Waals surface area contributed by atoms with Crippen molar-refractivity contribution < 1.29 is 0 Å². The molecule has 0 saturated carbocycles. The summed E-state index contributed by atoms with van der Waals surface area (Å²) in [6, 6.07) is 42.1. The minimum Gasteiger partial charge on any atom is -0.309 e. The SMILES string of the molecule is Brc1ccc2c(c1)c1ccccc1n2-c1ccc(-c2nc(-c3ccccc3)nc3ccccc23)cc1. The standard InChI is InChI=1S/C32H20BrN3/c33-23-16-19-30-27(20-23)25-10-5-7-13-29(25)36(30)24-17-14-21(15-18-24)31-26-11-4-6-12-28(26)34-32(35-31)22-8-2-1-3-9-22/h1-20H. The van der Waals surface area contributed by atoms with Crippen LogP contribution in [0.2, 0.25) is 0 Å². The molecule has 0 unspecified atom stereocenters. The Morgan fingerprint density at radius 1 is 0.528 bits per heavy atom. The quantitative estimate of drug-likeness (QED) is 0.230. The lowest BCUT2D eigenvalue weighted by Gasteiger charge is -2.11. The number of benzene rings is 5. The maximum absolute atomic E-state index is 5.02. The maximum atomic E-state index is 5.02. The molecule has 0 radical (unpaired) electrons. The highest BCUT2D eigenvalue weighted by molar-refractivity contribution is 9.10. The summed E-state index contributed by atoms with van der Waals surface area (Å²) in [5.74, 6) is 0.737. The van der Waals surface area contributed by atoms with Crippen molar-refractivity contribution in [2.24, 2.45) is 0 Å². The van der Waals surface area contributed by atoms with E-state index in [-0.39, 0.29) is 0 Å². The van der Waals surface area contributed by atoms with Crippen molar-refractivity contribution in [2.45, 2.75) is 0 Å². The number of fused-ring (bicyclic) bond motifs is 4. The summed E-state index contributed by atoms with van der Waals surface area (Å²) in [4.78, 5) is 9.87. The fraction of sp³-hybridized carbons (Fsp3) is 0. The number of rotatable bonds is 3. The van der Waals surface area contributed by atoms with Crippen LogP contribution in [-0.2, 0) is 0 Å². The Balaban J connectivity index is 1.41. The highest BCUT2D eigenvalue weighted by atomic mass is 79.9. The van der Waals surface area contributed by atoms with Crippen molar-refractivity contribution in [1.82, 2.24) is 14.5 Å². The molecule has 0 aliphatic heterocycles. The molecule has 0 fully saturated rings. The van der Waals surface area contributed by atoms with Gasteiger partial charge in [-0.1, -0.05) is 94.8 Å². The molecule has 0 bridgehead atoms. The van der Waals surface area contributed by atoms with Gasteiger partial charge in [0, 0.05) is 37.4 Å². The second-order valence-corrected chi connectivity index (χ2v) is 9.76. The third kappa shape index (κ3) is 3.42. The molecule has 170 valence electrons. The Hall–Kier alpha value is -4.28. The minimum atomic E-state index is 0.737. The lowest BCUT2D eigenvalue weighted by Crippen LogP contribution is -1.96. The Morgan fingerprint density at radius 3 is 2.06 bits per heavy atom. The first kappa shape index (κ1) is 21.0. The van der Waals surface area contributed by atoms with E-state index in [0.717, 1.165) is 43.7 Å². The number of hydrogen-bond donors (Lipinski definition) is 0. The molecule has 7 aromatic rings. The summed E-state index contributed by atoms with van der Waals surface area (Å²) < 4.78 is 3.41. The first-order valence-corrected chi connectivity index (χ1v) is 12.7.